The molecule has 2 unspecified atom stereocenters. The van der Waals surface area contributed by atoms with Crippen LogP contribution < -0.4 is 0 Å². The van der Waals surface area contributed by atoms with Crippen LogP contribution in [0.1, 0.15) is 68.1 Å². The van der Waals surface area contributed by atoms with Crippen molar-refractivity contribution in [1.29, 1.82) is 0 Å². The fourth-order valence-corrected chi connectivity index (χ4v) is 9.32. The summed E-state index contributed by atoms with van der Waals surface area (Å²) in [6, 6.07) is 28.6. The lowest BCUT2D eigenvalue weighted by molar-refractivity contribution is 0.241. The summed E-state index contributed by atoms with van der Waals surface area (Å²) in [7, 11) is 0. The van der Waals surface area contributed by atoms with Crippen molar-refractivity contribution in [3.8, 4) is 16.9 Å². The van der Waals surface area contributed by atoms with E-state index in [-0.39, 0.29) is 16.7 Å². The zero-order valence-corrected chi connectivity index (χ0v) is 28.0. The average Bonchev–Trinajstić information content (AvgIpc) is 3.70. The molecule has 3 heterocycles. The molecule has 3 nitrogen and oxygen atoms in total. The standard InChI is InChI=1S/C45H38N2O/c1-5-29-41(32-19-14-23-38-39(32)31-18-9-11-22-37(31)48-38)46-43-40(34-20-12-13-24-45(34,4)44(43,2)3)42(29)47-35-21-10-8-17-30(35)33-25-27-15-6-7-16-28(27)26-36(33)47/h6-9,11-20,22-26,34H,5,10,21H2,1-4H3. The van der Waals surface area contributed by atoms with Gasteiger partial charge in [0.1, 0.15) is 11.2 Å². The predicted octanol–water partition coefficient (Wildman–Crippen LogP) is 11.8. The molecule has 0 N–H and O–H groups in total. The van der Waals surface area contributed by atoms with Gasteiger partial charge in [0.05, 0.1) is 22.6 Å². The highest BCUT2D eigenvalue weighted by molar-refractivity contribution is 6.12. The van der Waals surface area contributed by atoms with Crippen molar-refractivity contribution in [1.82, 2.24) is 9.55 Å². The topological polar surface area (TPSA) is 31.0 Å². The van der Waals surface area contributed by atoms with Crippen molar-refractivity contribution >= 4 is 49.7 Å². The summed E-state index contributed by atoms with van der Waals surface area (Å²) in [6.07, 6.45) is 17.0. The lowest BCUT2D eigenvalue weighted by Crippen LogP contribution is -2.36. The number of nitrogens with zero attached hydrogens (tertiary/aromatic N) is 2. The van der Waals surface area contributed by atoms with E-state index < -0.39 is 0 Å². The third kappa shape index (κ3) is 3.46. The van der Waals surface area contributed by atoms with Gasteiger partial charge in [0, 0.05) is 60.9 Å². The second-order valence-corrected chi connectivity index (χ2v) is 14.7. The smallest absolute Gasteiger partial charge is 0.136 e. The van der Waals surface area contributed by atoms with Crippen LogP contribution in [0.3, 0.4) is 0 Å². The largest absolute Gasteiger partial charge is 0.456 e. The van der Waals surface area contributed by atoms with Crippen molar-refractivity contribution in [3.05, 3.63) is 137 Å². The van der Waals surface area contributed by atoms with E-state index in [0.717, 1.165) is 52.5 Å². The minimum Gasteiger partial charge on any atom is -0.456 e. The van der Waals surface area contributed by atoms with Gasteiger partial charge in [-0.2, -0.15) is 0 Å². The monoisotopic (exact) mass is 622 g/mol. The van der Waals surface area contributed by atoms with E-state index in [0.29, 0.717) is 0 Å². The summed E-state index contributed by atoms with van der Waals surface area (Å²) in [5.41, 5.74) is 13.0. The minimum absolute atomic E-state index is 0.112. The summed E-state index contributed by atoms with van der Waals surface area (Å²) in [6.45, 7) is 9.58. The molecule has 10 rings (SSSR count). The van der Waals surface area contributed by atoms with Crippen molar-refractivity contribution in [3.63, 3.8) is 0 Å². The van der Waals surface area contributed by atoms with Crippen LogP contribution in [0.25, 0.3) is 66.6 Å². The van der Waals surface area contributed by atoms with Crippen molar-refractivity contribution < 1.29 is 4.42 Å². The van der Waals surface area contributed by atoms with Crippen LogP contribution in [0.15, 0.2) is 114 Å². The lowest BCUT2D eigenvalue weighted by atomic mass is 9.63. The predicted molar refractivity (Wildman–Crippen MR) is 200 cm³/mol. The Morgan fingerprint density at radius 1 is 0.875 bits per heavy atom. The maximum atomic E-state index is 6.43. The van der Waals surface area contributed by atoms with Crippen LogP contribution in [0.4, 0.5) is 0 Å². The Kier molecular flexibility index (Phi) is 5.64. The highest BCUT2D eigenvalue weighted by Gasteiger charge is 2.56. The number of hydrogen-bond acceptors (Lipinski definition) is 2. The van der Waals surface area contributed by atoms with Gasteiger partial charge in [-0.1, -0.05) is 119 Å². The summed E-state index contributed by atoms with van der Waals surface area (Å²) in [5, 5.41) is 6.17. The summed E-state index contributed by atoms with van der Waals surface area (Å²) < 4.78 is 9.10. The van der Waals surface area contributed by atoms with E-state index in [9.17, 15) is 0 Å². The molecular weight excluding hydrogens is 585 g/mol. The van der Waals surface area contributed by atoms with Gasteiger partial charge < -0.3 is 8.98 Å². The van der Waals surface area contributed by atoms with E-state index in [2.05, 4.69) is 148 Å². The van der Waals surface area contributed by atoms with Crippen molar-refractivity contribution in [2.75, 3.05) is 0 Å². The van der Waals surface area contributed by atoms with Gasteiger partial charge in [-0.15, -0.1) is 0 Å². The van der Waals surface area contributed by atoms with Crippen LogP contribution in [0.5, 0.6) is 0 Å². The fourth-order valence-electron chi connectivity index (χ4n) is 9.32. The molecule has 0 amide bonds. The maximum absolute atomic E-state index is 6.43. The Morgan fingerprint density at radius 2 is 1.67 bits per heavy atom. The van der Waals surface area contributed by atoms with E-state index in [1.54, 1.807) is 0 Å². The Morgan fingerprint density at radius 3 is 2.52 bits per heavy atom. The summed E-state index contributed by atoms with van der Waals surface area (Å²) >= 11 is 0. The molecule has 3 aliphatic carbocycles. The molecule has 7 aromatic rings. The highest BCUT2D eigenvalue weighted by atomic mass is 16.3. The fraction of sp³-hybridized carbons (Fsp3) is 0.222. The average molecular weight is 623 g/mol. The molecule has 0 saturated heterocycles. The second kappa shape index (κ2) is 9.70. The molecular formula is C45H38N2O. The van der Waals surface area contributed by atoms with Crippen molar-refractivity contribution in [2.45, 2.75) is 58.3 Å². The van der Waals surface area contributed by atoms with Crippen molar-refractivity contribution in [2.24, 2.45) is 5.41 Å². The molecule has 0 fully saturated rings. The van der Waals surface area contributed by atoms with Gasteiger partial charge in [-0.25, -0.2) is 0 Å². The first kappa shape index (κ1) is 27.9. The minimum atomic E-state index is -0.202. The van der Waals surface area contributed by atoms with Gasteiger partial charge in [0.2, 0.25) is 0 Å². The quantitative estimate of drug-likeness (QED) is 0.196. The molecule has 3 aliphatic rings. The van der Waals surface area contributed by atoms with Crippen LogP contribution in [-0.2, 0) is 18.3 Å². The van der Waals surface area contributed by atoms with Gasteiger partial charge in [-0.3, -0.25) is 4.98 Å². The van der Waals surface area contributed by atoms with Crippen LogP contribution in [0.2, 0.25) is 0 Å². The van der Waals surface area contributed by atoms with E-state index in [1.807, 2.05) is 0 Å². The molecule has 4 aromatic carbocycles. The number of rotatable bonds is 3. The number of para-hydroxylation sites is 1. The Labute approximate surface area is 280 Å². The third-order valence-corrected chi connectivity index (χ3v) is 12.1. The Bertz CT molecular complexity index is 2600. The van der Waals surface area contributed by atoms with Gasteiger partial charge in [-0.05, 0) is 54.3 Å². The maximum Gasteiger partial charge on any atom is 0.136 e. The first-order chi connectivity index (χ1) is 23.4. The first-order valence-electron chi connectivity index (χ1n) is 17.5. The molecule has 2 atom stereocenters. The molecule has 48 heavy (non-hydrogen) atoms. The first-order valence-corrected chi connectivity index (χ1v) is 17.5. The van der Waals surface area contributed by atoms with Gasteiger partial charge in [0.15, 0.2) is 0 Å². The number of allylic oxidation sites excluding steroid dienone is 5. The Hall–Kier alpha value is -5.15. The number of hydrogen-bond donors (Lipinski definition) is 0. The normalized spacial score (nSPS) is 20.6. The molecule has 0 spiro atoms. The number of fused-ring (bicyclic) bond motifs is 10. The molecule has 0 radical (unpaired) electrons. The molecule has 0 bridgehead atoms. The van der Waals surface area contributed by atoms with Gasteiger partial charge in [0.25, 0.3) is 0 Å². The SMILES string of the molecule is CCc1c(-c2cccc3oc4ccccc4c23)nc2c(c1-n1c3c(c4cc5ccccc5cc41)C=CCC3)C1C=CC=CC1(C)C2(C)C. The number of furan rings is 1. The van der Waals surface area contributed by atoms with Crippen LogP contribution >= 0.6 is 0 Å². The van der Waals surface area contributed by atoms with Gasteiger partial charge >= 0.3 is 0 Å². The highest BCUT2D eigenvalue weighted by Crippen LogP contribution is 2.63. The van der Waals surface area contributed by atoms with E-state index in [1.165, 1.54) is 55.4 Å². The number of pyridine rings is 1. The number of aromatic nitrogens is 2. The third-order valence-electron chi connectivity index (χ3n) is 12.1. The molecule has 3 aromatic heterocycles. The summed E-state index contributed by atoms with van der Waals surface area (Å²) in [5.74, 6) is 0.215. The molecule has 0 saturated carbocycles. The molecule has 3 heteroatoms. The molecule has 234 valence electrons. The zero-order valence-electron chi connectivity index (χ0n) is 28.0. The molecule has 0 aliphatic heterocycles. The van der Waals surface area contributed by atoms with E-state index >= 15 is 0 Å². The summed E-state index contributed by atoms with van der Waals surface area (Å²) in [4.78, 5) is 5.83. The van der Waals surface area contributed by atoms with Crippen LogP contribution in [0, 0.1) is 5.41 Å². The second-order valence-electron chi connectivity index (χ2n) is 14.7. The lowest BCUT2D eigenvalue weighted by Gasteiger charge is -2.40. The van der Waals surface area contributed by atoms with Crippen LogP contribution in [-0.4, -0.2) is 9.55 Å². The number of benzene rings is 4. The zero-order chi connectivity index (χ0) is 32.4. The van der Waals surface area contributed by atoms with E-state index in [4.69, 9.17) is 9.40 Å². The Balaban J connectivity index is 1.41.